The van der Waals surface area contributed by atoms with Gasteiger partial charge in [-0.1, -0.05) is 6.92 Å². The van der Waals surface area contributed by atoms with Gasteiger partial charge in [0.15, 0.2) is 0 Å². The van der Waals surface area contributed by atoms with Gasteiger partial charge in [0, 0.05) is 0 Å². The van der Waals surface area contributed by atoms with E-state index in [-0.39, 0.29) is 5.97 Å². The standard InChI is InChI=1S/C7H13ClO2/c1-4-5-10-6(9)7(2,3)8/h4-5H2,1-3H3. The Bertz CT molecular complexity index is 115. The fourth-order valence-electron chi connectivity index (χ4n) is 0.366. The van der Waals surface area contributed by atoms with Gasteiger partial charge >= 0.3 is 5.97 Å². The van der Waals surface area contributed by atoms with Crippen LogP contribution in [0.3, 0.4) is 0 Å². The van der Waals surface area contributed by atoms with Crippen LogP contribution in [0.1, 0.15) is 27.2 Å². The van der Waals surface area contributed by atoms with Crippen molar-refractivity contribution in [2.75, 3.05) is 6.61 Å². The van der Waals surface area contributed by atoms with E-state index in [1.165, 1.54) is 0 Å². The second-order valence-corrected chi connectivity index (χ2v) is 3.55. The molecule has 0 N–H and O–H groups in total. The van der Waals surface area contributed by atoms with Crippen LogP contribution in [0.2, 0.25) is 0 Å². The van der Waals surface area contributed by atoms with E-state index in [1.54, 1.807) is 13.8 Å². The van der Waals surface area contributed by atoms with Gasteiger partial charge in [0.05, 0.1) is 6.61 Å². The van der Waals surface area contributed by atoms with Crippen LogP contribution in [0.4, 0.5) is 0 Å². The molecule has 0 aliphatic carbocycles. The Morgan fingerprint density at radius 1 is 1.60 bits per heavy atom. The van der Waals surface area contributed by atoms with Crippen LogP contribution < -0.4 is 0 Å². The summed E-state index contributed by atoms with van der Waals surface area (Å²) in [5.74, 6) is -0.351. The molecule has 0 aliphatic rings. The number of alkyl halides is 1. The number of hydrogen-bond acceptors (Lipinski definition) is 2. The summed E-state index contributed by atoms with van der Waals surface area (Å²) < 4.78 is 4.78. The van der Waals surface area contributed by atoms with E-state index < -0.39 is 4.87 Å². The van der Waals surface area contributed by atoms with Crippen LogP contribution >= 0.6 is 11.6 Å². The molecule has 10 heavy (non-hydrogen) atoms. The Balaban J connectivity index is 3.64. The van der Waals surface area contributed by atoms with Gasteiger partial charge in [-0.05, 0) is 20.3 Å². The van der Waals surface area contributed by atoms with Gasteiger partial charge in [0.2, 0.25) is 0 Å². The van der Waals surface area contributed by atoms with E-state index in [2.05, 4.69) is 0 Å². The Labute approximate surface area is 66.5 Å². The normalized spacial score (nSPS) is 11.2. The topological polar surface area (TPSA) is 26.3 Å². The third kappa shape index (κ3) is 3.72. The average Bonchev–Trinajstić information content (AvgIpc) is 1.80. The van der Waals surface area contributed by atoms with Crippen molar-refractivity contribution < 1.29 is 9.53 Å². The Morgan fingerprint density at radius 2 is 2.10 bits per heavy atom. The number of rotatable bonds is 3. The highest BCUT2D eigenvalue weighted by Gasteiger charge is 2.25. The van der Waals surface area contributed by atoms with Crippen molar-refractivity contribution in [1.82, 2.24) is 0 Å². The van der Waals surface area contributed by atoms with Gasteiger partial charge < -0.3 is 4.74 Å². The maximum Gasteiger partial charge on any atom is 0.326 e. The fraction of sp³-hybridized carbons (Fsp3) is 0.857. The second kappa shape index (κ2) is 3.81. The van der Waals surface area contributed by atoms with Crippen LogP contribution in [0, 0.1) is 0 Å². The molecule has 0 radical (unpaired) electrons. The van der Waals surface area contributed by atoms with E-state index in [0.717, 1.165) is 6.42 Å². The summed E-state index contributed by atoms with van der Waals surface area (Å²) in [6.07, 6.45) is 0.832. The summed E-state index contributed by atoms with van der Waals surface area (Å²) in [5, 5.41) is 0. The monoisotopic (exact) mass is 164 g/mol. The van der Waals surface area contributed by atoms with Crippen molar-refractivity contribution in [1.29, 1.82) is 0 Å². The molecule has 0 spiro atoms. The van der Waals surface area contributed by atoms with E-state index in [4.69, 9.17) is 16.3 Å². The number of carbonyl (C=O) groups excluding carboxylic acids is 1. The van der Waals surface area contributed by atoms with Crippen molar-refractivity contribution in [3.8, 4) is 0 Å². The van der Waals surface area contributed by atoms with Crippen molar-refractivity contribution in [3.05, 3.63) is 0 Å². The molecule has 0 aromatic rings. The summed E-state index contributed by atoms with van der Waals surface area (Å²) in [6.45, 7) is 5.63. The first-order chi connectivity index (χ1) is 4.48. The van der Waals surface area contributed by atoms with Crippen LogP contribution in [-0.2, 0) is 9.53 Å². The van der Waals surface area contributed by atoms with Crippen LogP contribution in [0.15, 0.2) is 0 Å². The highest BCUT2D eigenvalue weighted by Crippen LogP contribution is 2.14. The summed E-state index contributed by atoms with van der Waals surface area (Å²) in [7, 11) is 0. The lowest BCUT2D eigenvalue weighted by molar-refractivity contribution is -0.145. The third-order valence-electron chi connectivity index (χ3n) is 0.923. The predicted molar refractivity (Wildman–Crippen MR) is 41.2 cm³/mol. The summed E-state index contributed by atoms with van der Waals surface area (Å²) in [4.78, 5) is 9.99. The lowest BCUT2D eigenvalue weighted by Crippen LogP contribution is -2.27. The van der Waals surface area contributed by atoms with E-state index in [0.29, 0.717) is 6.61 Å². The lowest BCUT2D eigenvalue weighted by atomic mass is 10.2. The Morgan fingerprint density at radius 3 is 2.40 bits per heavy atom. The highest BCUT2D eigenvalue weighted by atomic mass is 35.5. The first-order valence-corrected chi connectivity index (χ1v) is 3.72. The molecule has 2 nitrogen and oxygen atoms in total. The molecule has 0 rings (SSSR count). The first-order valence-electron chi connectivity index (χ1n) is 3.34. The van der Waals surface area contributed by atoms with Gasteiger partial charge in [-0.3, -0.25) is 4.79 Å². The molecule has 0 bridgehead atoms. The van der Waals surface area contributed by atoms with Crippen molar-refractivity contribution in [3.63, 3.8) is 0 Å². The number of carbonyl (C=O) groups is 1. The molecular formula is C7H13ClO2. The molecule has 0 amide bonds. The molecule has 0 aromatic carbocycles. The summed E-state index contributed by atoms with van der Waals surface area (Å²) >= 11 is 5.64. The zero-order chi connectivity index (χ0) is 8.20. The zero-order valence-electron chi connectivity index (χ0n) is 6.61. The van der Waals surface area contributed by atoms with Crippen molar-refractivity contribution in [2.45, 2.75) is 32.1 Å². The molecule has 0 aliphatic heterocycles. The Kier molecular flexibility index (Phi) is 3.72. The smallest absolute Gasteiger partial charge is 0.326 e. The van der Waals surface area contributed by atoms with Gasteiger partial charge in [-0.25, -0.2) is 0 Å². The van der Waals surface area contributed by atoms with Gasteiger partial charge in [-0.15, -0.1) is 11.6 Å². The highest BCUT2D eigenvalue weighted by molar-refractivity contribution is 6.33. The van der Waals surface area contributed by atoms with Crippen LogP contribution in [-0.4, -0.2) is 17.5 Å². The van der Waals surface area contributed by atoms with Crippen molar-refractivity contribution in [2.24, 2.45) is 0 Å². The maximum absolute atomic E-state index is 10.9. The zero-order valence-corrected chi connectivity index (χ0v) is 7.36. The minimum absolute atomic E-state index is 0.351. The lowest BCUT2D eigenvalue weighted by Gasteiger charge is -2.13. The average molecular weight is 165 g/mol. The summed E-state index contributed by atoms with van der Waals surface area (Å²) in [5.41, 5.74) is 0. The number of halogens is 1. The van der Waals surface area contributed by atoms with E-state index >= 15 is 0 Å². The molecule has 60 valence electrons. The molecule has 0 saturated carbocycles. The third-order valence-corrected chi connectivity index (χ3v) is 1.08. The number of hydrogen-bond donors (Lipinski definition) is 0. The van der Waals surface area contributed by atoms with Crippen LogP contribution in [0.5, 0.6) is 0 Å². The molecule has 0 unspecified atom stereocenters. The number of esters is 1. The van der Waals surface area contributed by atoms with Gasteiger partial charge in [0.25, 0.3) is 0 Å². The Hall–Kier alpha value is -0.240. The molecule has 0 fully saturated rings. The fourth-order valence-corrected chi connectivity index (χ4v) is 0.421. The van der Waals surface area contributed by atoms with Crippen LogP contribution in [0.25, 0.3) is 0 Å². The maximum atomic E-state index is 10.9. The minimum atomic E-state index is -0.880. The SMILES string of the molecule is CCCOC(=O)C(C)(C)Cl. The molecular weight excluding hydrogens is 152 g/mol. The molecule has 3 heteroatoms. The van der Waals surface area contributed by atoms with Gasteiger partial charge in [0.1, 0.15) is 4.87 Å². The molecule has 0 aromatic heterocycles. The quantitative estimate of drug-likeness (QED) is 0.471. The summed E-state index contributed by atoms with van der Waals surface area (Å²) in [6, 6.07) is 0. The van der Waals surface area contributed by atoms with Crippen molar-refractivity contribution >= 4 is 17.6 Å². The van der Waals surface area contributed by atoms with E-state index in [9.17, 15) is 4.79 Å². The van der Waals surface area contributed by atoms with E-state index in [1.807, 2.05) is 6.92 Å². The largest absolute Gasteiger partial charge is 0.464 e. The molecule has 0 saturated heterocycles. The second-order valence-electron chi connectivity index (χ2n) is 2.61. The van der Waals surface area contributed by atoms with Gasteiger partial charge in [-0.2, -0.15) is 0 Å². The first kappa shape index (κ1) is 9.76. The molecule has 0 heterocycles. The minimum Gasteiger partial charge on any atom is -0.464 e. The number of ether oxygens (including phenoxy) is 1. The molecule has 0 atom stereocenters. The predicted octanol–water partition coefficient (Wildman–Crippen LogP) is 1.96.